The molecule has 0 spiro atoms. The van der Waals surface area contributed by atoms with Gasteiger partial charge in [-0.1, -0.05) is 36.8 Å². The number of halogens is 4. The monoisotopic (exact) mass is 479 g/mol. The Morgan fingerprint density at radius 2 is 1.82 bits per heavy atom. The molecule has 182 valence electrons. The summed E-state index contributed by atoms with van der Waals surface area (Å²) in [5.74, 6) is -1.54. The average molecular weight is 479 g/mol. The highest BCUT2D eigenvalue weighted by Crippen LogP contribution is 2.38. The van der Waals surface area contributed by atoms with E-state index < -0.39 is 17.6 Å². The summed E-state index contributed by atoms with van der Waals surface area (Å²) in [6.45, 7) is 1.00. The Kier molecular flexibility index (Phi) is 8.44. The summed E-state index contributed by atoms with van der Waals surface area (Å²) in [5, 5.41) is 9.36. The van der Waals surface area contributed by atoms with Gasteiger partial charge in [0, 0.05) is 5.92 Å². The van der Waals surface area contributed by atoms with E-state index in [0.717, 1.165) is 36.1 Å². The van der Waals surface area contributed by atoms with Gasteiger partial charge in [0.15, 0.2) is 0 Å². The zero-order valence-corrected chi connectivity index (χ0v) is 18.3. The quantitative estimate of drug-likeness (QED) is 0.425. The number of carbonyl (C=O) groups excluding carboxylic acids is 1. The van der Waals surface area contributed by atoms with Gasteiger partial charge in [0.05, 0.1) is 24.5 Å². The molecule has 2 aromatic rings. The highest BCUT2D eigenvalue weighted by Gasteiger charge is 2.32. The Morgan fingerprint density at radius 3 is 2.41 bits per heavy atom. The molecule has 1 aliphatic heterocycles. The highest BCUT2D eigenvalue weighted by molar-refractivity contribution is 5.92. The van der Waals surface area contributed by atoms with Crippen molar-refractivity contribution in [2.45, 2.75) is 37.8 Å². The van der Waals surface area contributed by atoms with Crippen LogP contribution >= 0.6 is 0 Å². The molecule has 1 amide bonds. The Labute approximate surface area is 194 Å². The lowest BCUT2D eigenvalue weighted by Gasteiger charge is -2.29. The minimum absolute atomic E-state index is 0.213. The van der Waals surface area contributed by atoms with Crippen LogP contribution in [0.1, 0.15) is 48.3 Å². The van der Waals surface area contributed by atoms with E-state index in [1.165, 1.54) is 5.57 Å². The summed E-state index contributed by atoms with van der Waals surface area (Å²) in [6, 6.07) is 10.4. The molecule has 5 nitrogen and oxygen atoms in total. The van der Waals surface area contributed by atoms with Crippen molar-refractivity contribution in [2.24, 2.45) is 5.92 Å². The maximum absolute atomic E-state index is 14.1. The first-order chi connectivity index (χ1) is 16.2. The fourth-order valence-electron chi connectivity index (χ4n) is 4.32. The van der Waals surface area contributed by atoms with Crippen LogP contribution in [0.15, 0.2) is 48.5 Å². The molecule has 1 aliphatic carbocycles. The number of carbonyl (C=O) groups is 2. The smallest absolute Gasteiger partial charge is 0.416 e. The second-order valence-corrected chi connectivity index (χ2v) is 8.21. The average Bonchev–Trinajstić information content (AvgIpc) is 3.35. The molecule has 2 unspecified atom stereocenters. The summed E-state index contributed by atoms with van der Waals surface area (Å²) in [6.07, 6.45) is 0.557. The van der Waals surface area contributed by atoms with Crippen LogP contribution in [-0.4, -0.2) is 30.7 Å². The van der Waals surface area contributed by atoms with Crippen LogP contribution in [0.2, 0.25) is 0 Å². The van der Waals surface area contributed by atoms with Crippen LogP contribution in [0.3, 0.4) is 0 Å². The van der Waals surface area contributed by atoms with Crippen molar-refractivity contribution in [1.82, 2.24) is 0 Å². The third-order valence-electron chi connectivity index (χ3n) is 6.06. The van der Waals surface area contributed by atoms with Crippen LogP contribution in [0.25, 0.3) is 5.57 Å². The number of alkyl halides is 3. The van der Waals surface area contributed by atoms with Crippen molar-refractivity contribution in [2.75, 3.05) is 18.5 Å². The van der Waals surface area contributed by atoms with Crippen molar-refractivity contribution in [3.63, 3.8) is 0 Å². The molecule has 34 heavy (non-hydrogen) atoms. The zero-order valence-electron chi connectivity index (χ0n) is 18.3. The van der Waals surface area contributed by atoms with Crippen LogP contribution in [0.5, 0.6) is 0 Å². The zero-order chi connectivity index (χ0) is 24.7. The molecular formula is C25H25F4NO4. The molecule has 2 aromatic carbocycles. The minimum atomic E-state index is -4.63. The van der Waals surface area contributed by atoms with E-state index in [0.29, 0.717) is 32.1 Å². The number of hydrogen-bond acceptors (Lipinski definition) is 3. The van der Waals surface area contributed by atoms with Crippen LogP contribution in [0.4, 0.5) is 23.2 Å². The van der Waals surface area contributed by atoms with Crippen molar-refractivity contribution >= 4 is 23.6 Å². The number of ether oxygens (including phenoxy) is 1. The number of carboxylic acid groups (broad SMARTS) is 1. The van der Waals surface area contributed by atoms with Crippen LogP contribution in [-0.2, 0) is 20.5 Å². The van der Waals surface area contributed by atoms with E-state index in [2.05, 4.69) is 35.7 Å². The number of anilines is 1. The second kappa shape index (κ2) is 11.3. The lowest BCUT2D eigenvalue weighted by atomic mass is 9.77. The van der Waals surface area contributed by atoms with Gasteiger partial charge in [-0.15, -0.1) is 0 Å². The van der Waals surface area contributed by atoms with Crippen molar-refractivity contribution < 1.29 is 37.0 Å². The molecule has 1 fully saturated rings. The normalized spacial score (nSPS) is 20.1. The van der Waals surface area contributed by atoms with Gasteiger partial charge >= 0.3 is 6.18 Å². The molecule has 2 N–H and O–H groups in total. The number of rotatable bonds is 4. The third kappa shape index (κ3) is 6.44. The van der Waals surface area contributed by atoms with Crippen LogP contribution in [0, 0.1) is 11.7 Å². The van der Waals surface area contributed by atoms with Gasteiger partial charge in [0.25, 0.3) is 6.47 Å². The SMILES string of the molecule is O=C(Nc1ccc(C(F)(F)F)cc1F)C1CCCC(c2ccc(C3=CCOC3)cc2)C1.O=CO. The molecule has 0 aromatic heterocycles. The van der Waals surface area contributed by atoms with Gasteiger partial charge in [-0.3, -0.25) is 9.59 Å². The first-order valence-electron chi connectivity index (χ1n) is 10.9. The summed E-state index contributed by atoms with van der Waals surface area (Å²) in [4.78, 5) is 21.0. The number of nitrogens with one attached hydrogen (secondary N) is 1. The van der Waals surface area contributed by atoms with E-state index in [4.69, 9.17) is 14.6 Å². The molecule has 0 saturated heterocycles. The van der Waals surface area contributed by atoms with Crippen molar-refractivity contribution in [3.8, 4) is 0 Å². The summed E-state index contributed by atoms with van der Waals surface area (Å²) < 4.78 is 57.6. The molecule has 0 radical (unpaired) electrons. The standard InChI is InChI=1S/C24H23F4NO2.CH2O2/c25-21-13-20(24(26,27)28)8-9-22(21)29-23(30)18-3-1-2-17(12-18)15-4-6-16(7-5-15)19-10-11-31-14-19;2-1-3/h4-10,13,17-18H,1-3,11-12,14H2,(H,29,30);1H,(H,2,3). The van der Waals surface area contributed by atoms with E-state index in [1.807, 2.05) is 0 Å². The first kappa shape index (κ1) is 25.4. The van der Waals surface area contributed by atoms with Gasteiger partial charge < -0.3 is 15.2 Å². The summed E-state index contributed by atoms with van der Waals surface area (Å²) in [5.41, 5.74) is 2.15. The van der Waals surface area contributed by atoms with Crippen molar-refractivity contribution in [1.29, 1.82) is 0 Å². The Morgan fingerprint density at radius 1 is 1.12 bits per heavy atom. The number of hydrogen-bond donors (Lipinski definition) is 2. The van der Waals surface area contributed by atoms with E-state index >= 15 is 0 Å². The number of amides is 1. The summed E-state index contributed by atoms with van der Waals surface area (Å²) >= 11 is 0. The minimum Gasteiger partial charge on any atom is -0.483 e. The van der Waals surface area contributed by atoms with Gasteiger partial charge in [0.2, 0.25) is 5.91 Å². The lowest BCUT2D eigenvalue weighted by molar-refractivity contribution is -0.137. The highest BCUT2D eigenvalue weighted by atomic mass is 19.4. The largest absolute Gasteiger partial charge is 0.483 e. The molecule has 2 atom stereocenters. The molecule has 1 heterocycles. The molecular weight excluding hydrogens is 454 g/mol. The summed E-state index contributed by atoms with van der Waals surface area (Å²) in [7, 11) is 0. The van der Waals surface area contributed by atoms with Gasteiger partial charge in [0.1, 0.15) is 5.82 Å². The Bertz CT molecular complexity index is 1030. The Balaban J connectivity index is 0.00000103. The van der Waals surface area contributed by atoms with Gasteiger partial charge in [-0.2, -0.15) is 13.2 Å². The maximum Gasteiger partial charge on any atom is 0.416 e. The predicted octanol–water partition coefficient (Wildman–Crippen LogP) is 5.87. The maximum atomic E-state index is 14.1. The molecule has 9 heteroatoms. The fraction of sp³-hybridized carbons (Fsp3) is 0.360. The van der Waals surface area contributed by atoms with Crippen molar-refractivity contribution in [3.05, 3.63) is 71.0 Å². The first-order valence-corrected chi connectivity index (χ1v) is 10.9. The molecule has 2 aliphatic rings. The van der Waals surface area contributed by atoms with E-state index in [1.54, 1.807) is 0 Å². The lowest BCUT2D eigenvalue weighted by Crippen LogP contribution is -2.28. The molecule has 0 bridgehead atoms. The number of benzene rings is 2. The van der Waals surface area contributed by atoms with Crippen LogP contribution < -0.4 is 5.32 Å². The van der Waals surface area contributed by atoms with Gasteiger partial charge in [-0.05, 0) is 60.1 Å². The third-order valence-corrected chi connectivity index (χ3v) is 6.06. The van der Waals surface area contributed by atoms with E-state index in [9.17, 15) is 22.4 Å². The van der Waals surface area contributed by atoms with E-state index in [-0.39, 0.29) is 29.9 Å². The van der Waals surface area contributed by atoms with Gasteiger partial charge in [-0.25, -0.2) is 4.39 Å². The Hall–Kier alpha value is -3.20. The fourth-order valence-corrected chi connectivity index (χ4v) is 4.32. The predicted molar refractivity (Wildman–Crippen MR) is 119 cm³/mol. The second-order valence-electron chi connectivity index (χ2n) is 8.21. The molecule has 4 rings (SSSR count). The molecule has 1 saturated carbocycles. The topological polar surface area (TPSA) is 75.6 Å².